The maximum Gasteiger partial charge on any atom is 0.0345 e. The average Bonchev–Trinajstić information content (AvgIpc) is 1.81. The van der Waals surface area contributed by atoms with Crippen molar-refractivity contribution in [2.45, 2.75) is 39.7 Å². The van der Waals surface area contributed by atoms with Gasteiger partial charge in [-0.2, -0.15) is 0 Å². The van der Waals surface area contributed by atoms with Gasteiger partial charge in [-0.05, 0) is 33.1 Å². The number of rotatable bonds is 0. The van der Waals surface area contributed by atoms with Crippen LogP contribution in [0.25, 0.3) is 0 Å². The lowest BCUT2D eigenvalue weighted by Gasteiger charge is -2.43. The van der Waals surface area contributed by atoms with Crippen molar-refractivity contribution in [1.82, 2.24) is 4.90 Å². The number of hydrogen-bond donors (Lipinski definition) is 0. The van der Waals surface area contributed by atoms with Crippen LogP contribution in [-0.4, -0.2) is 17.5 Å². The summed E-state index contributed by atoms with van der Waals surface area (Å²) < 4.78 is 0. The van der Waals surface area contributed by atoms with Gasteiger partial charge < -0.3 is 4.90 Å². The normalized spacial score (nSPS) is 30.1. The minimum absolute atomic E-state index is 0.345. The summed E-state index contributed by atoms with van der Waals surface area (Å²) in [6.45, 7) is 9.09. The zero-order valence-corrected chi connectivity index (χ0v) is 8.31. The molecule has 0 aromatic heterocycles. The van der Waals surface area contributed by atoms with Gasteiger partial charge in [0, 0.05) is 18.3 Å². The molecule has 1 unspecified atom stereocenters. The highest BCUT2D eigenvalue weighted by atomic mass is 15.2. The molecule has 0 bridgehead atoms. The summed E-state index contributed by atoms with van der Waals surface area (Å²) in [7, 11) is 2.18. The third kappa shape index (κ3) is 1.58. The van der Waals surface area contributed by atoms with Crippen LogP contribution < -0.4 is 0 Å². The van der Waals surface area contributed by atoms with Gasteiger partial charge >= 0.3 is 0 Å². The van der Waals surface area contributed by atoms with E-state index in [4.69, 9.17) is 0 Å². The third-order valence-electron chi connectivity index (χ3n) is 2.78. The predicted molar refractivity (Wildman–Crippen MR) is 49.4 cm³/mol. The molecule has 0 aliphatic carbocycles. The molecule has 1 nitrogen and oxygen atoms in total. The van der Waals surface area contributed by atoms with Crippen molar-refractivity contribution in [2.24, 2.45) is 5.92 Å². The Hall–Kier alpha value is -0.460. The quantitative estimate of drug-likeness (QED) is 0.517. The van der Waals surface area contributed by atoms with Crippen LogP contribution in [0.5, 0.6) is 0 Å². The van der Waals surface area contributed by atoms with Crippen molar-refractivity contribution in [3.8, 4) is 0 Å². The van der Waals surface area contributed by atoms with E-state index < -0.39 is 0 Å². The standard InChI is InChI=1S/C10H19N/c1-8-6-9(2)11(5)10(3,4)7-8/h6,8H,7H2,1-5H3. The van der Waals surface area contributed by atoms with Crippen molar-refractivity contribution in [3.63, 3.8) is 0 Å². The van der Waals surface area contributed by atoms with Gasteiger partial charge in [-0.25, -0.2) is 0 Å². The molecule has 0 aromatic rings. The highest BCUT2D eigenvalue weighted by Crippen LogP contribution is 2.31. The van der Waals surface area contributed by atoms with E-state index in [9.17, 15) is 0 Å². The van der Waals surface area contributed by atoms with E-state index in [2.05, 4.69) is 45.7 Å². The van der Waals surface area contributed by atoms with E-state index in [1.54, 1.807) is 0 Å². The van der Waals surface area contributed by atoms with Crippen molar-refractivity contribution in [2.75, 3.05) is 7.05 Å². The molecular weight excluding hydrogens is 134 g/mol. The number of nitrogens with zero attached hydrogens (tertiary/aromatic N) is 1. The Balaban J connectivity index is 2.86. The fraction of sp³-hybridized carbons (Fsp3) is 0.800. The lowest BCUT2D eigenvalue weighted by atomic mass is 9.86. The molecule has 0 radical (unpaired) electrons. The summed E-state index contributed by atoms with van der Waals surface area (Å²) in [6, 6.07) is 0. The largest absolute Gasteiger partial charge is 0.373 e. The first-order chi connectivity index (χ1) is 4.93. The fourth-order valence-electron chi connectivity index (χ4n) is 1.98. The summed E-state index contributed by atoms with van der Waals surface area (Å²) in [5.74, 6) is 0.737. The Bertz CT molecular complexity index is 179. The topological polar surface area (TPSA) is 3.24 Å². The fourth-order valence-corrected chi connectivity index (χ4v) is 1.98. The Morgan fingerprint density at radius 2 is 2.09 bits per heavy atom. The molecule has 0 fully saturated rings. The average molecular weight is 153 g/mol. The Labute approximate surface area is 70.1 Å². The second-order valence-corrected chi connectivity index (χ2v) is 4.36. The smallest absolute Gasteiger partial charge is 0.0345 e. The van der Waals surface area contributed by atoms with Gasteiger partial charge in [0.2, 0.25) is 0 Å². The molecule has 0 amide bonds. The molecule has 1 heterocycles. The van der Waals surface area contributed by atoms with Crippen LogP contribution in [0.4, 0.5) is 0 Å². The van der Waals surface area contributed by atoms with Crippen LogP contribution in [-0.2, 0) is 0 Å². The Kier molecular flexibility index (Phi) is 2.00. The summed E-state index contributed by atoms with van der Waals surface area (Å²) in [5.41, 5.74) is 1.76. The van der Waals surface area contributed by atoms with Gasteiger partial charge in [-0.1, -0.05) is 13.0 Å². The summed E-state index contributed by atoms with van der Waals surface area (Å²) >= 11 is 0. The molecule has 64 valence electrons. The van der Waals surface area contributed by atoms with Crippen LogP contribution in [0.1, 0.15) is 34.1 Å². The summed E-state index contributed by atoms with van der Waals surface area (Å²) in [5, 5.41) is 0. The van der Waals surface area contributed by atoms with Gasteiger partial charge in [0.05, 0.1) is 0 Å². The van der Waals surface area contributed by atoms with Gasteiger partial charge in [0.1, 0.15) is 0 Å². The first kappa shape index (κ1) is 8.63. The lowest BCUT2D eigenvalue weighted by Crippen LogP contribution is -2.43. The number of allylic oxidation sites excluding steroid dienone is 2. The van der Waals surface area contributed by atoms with E-state index >= 15 is 0 Å². The highest BCUT2D eigenvalue weighted by molar-refractivity contribution is 5.09. The van der Waals surface area contributed by atoms with Crippen LogP contribution in [0.15, 0.2) is 11.8 Å². The highest BCUT2D eigenvalue weighted by Gasteiger charge is 2.29. The van der Waals surface area contributed by atoms with Gasteiger partial charge in [0.25, 0.3) is 0 Å². The van der Waals surface area contributed by atoms with Crippen LogP contribution in [0, 0.1) is 5.92 Å². The van der Waals surface area contributed by atoms with Gasteiger partial charge in [-0.15, -0.1) is 0 Å². The molecule has 11 heavy (non-hydrogen) atoms. The Morgan fingerprint density at radius 3 is 2.55 bits per heavy atom. The van der Waals surface area contributed by atoms with Crippen molar-refractivity contribution >= 4 is 0 Å². The van der Waals surface area contributed by atoms with E-state index in [1.165, 1.54) is 12.1 Å². The number of hydrogen-bond acceptors (Lipinski definition) is 1. The first-order valence-electron chi connectivity index (χ1n) is 4.36. The zero-order chi connectivity index (χ0) is 8.65. The minimum atomic E-state index is 0.345. The third-order valence-corrected chi connectivity index (χ3v) is 2.78. The second kappa shape index (κ2) is 2.54. The predicted octanol–water partition coefficient (Wildman–Crippen LogP) is 2.64. The van der Waals surface area contributed by atoms with Crippen molar-refractivity contribution in [3.05, 3.63) is 11.8 Å². The van der Waals surface area contributed by atoms with E-state index in [1.807, 2.05) is 0 Å². The SMILES string of the molecule is CC1=CC(C)CC(C)(C)N1C. The van der Waals surface area contributed by atoms with Crippen molar-refractivity contribution in [1.29, 1.82) is 0 Å². The van der Waals surface area contributed by atoms with Gasteiger partial charge in [-0.3, -0.25) is 0 Å². The van der Waals surface area contributed by atoms with Gasteiger partial charge in [0.15, 0.2) is 0 Å². The van der Waals surface area contributed by atoms with Crippen LogP contribution >= 0.6 is 0 Å². The minimum Gasteiger partial charge on any atom is -0.373 e. The molecule has 0 saturated carbocycles. The molecule has 0 aromatic carbocycles. The molecule has 1 atom stereocenters. The van der Waals surface area contributed by atoms with Crippen LogP contribution in [0.2, 0.25) is 0 Å². The summed E-state index contributed by atoms with van der Waals surface area (Å²) in [6.07, 6.45) is 3.62. The Morgan fingerprint density at radius 1 is 1.55 bits per heavy atom. The van der Waals surface area contributed by atoms with Crippen LogP contribution in [0.3, 0.4) is 0 Å². The molecular formula is C10H19N. The first-order valence-corrected chi connectivity index (χ1v) is 4.36. The van der Waals surface area contributed by atoms with E-state index in [-0.39, 0.29) is 0 Å². The molecule has 0 saturated heterocycles. The van der Waals surface area contributed by atoms with E-state index in [0.29, 0.717) is 5.54 Å². The summed E-state index contributed by atoms with van der Waals surface area (Å²) in [4.78, 5) is 2.37. The molecule has 1 heteroatoms. The second-order valence-electron chi connectivity index (χ2n) is 4.36. The van der Waals surface area contributed by atoms with Crippen molar-refractivity contribution < 1.29 is 0 Å². The monoisotopic (exact) mass is 153 g/mol. The maximum atomic E-state index is 2.37. The maximum absolute atomic E-state index is 2.37. The van der Waals surface area contributed by atoms with E-state index in [0.717, 1.165) is 5.92 Å². The lowest BCUT2D eigenvalue weighted by molar-refractivity contribution is 0.157. The zero-order valence-electron chi connectivity index (χ0n) is 8.31. The molecule has 0 N–H and O–H groups in total. The molecule has 1 aliphatic rings. The molecule has 0 spiro atoms. The molecule has 1 aliphatic heterocycles. The molecule has 1 rings (SSSR count).